The monoisotopic (exact) mass is 495 g/mol. The van der Waals surface area contributed by atoms with Crippen LogP contribution in [0.3, 0.4) is 0 Å². The van der Waals surface area contributed by atoms with Gasteiger partial charge in [-0.1, -0.05) is 28.1 Å². The number of urea groups is 1. The van der Waals surface area contributed by atoms with Gasteiger partial charge in [0.25, 0.3) is 0 Å². The minimum Gasteiger partial charge on any atom is -0.320 e. The van der Waals surface area contributed by atoms with Crippen molar-refractivity contribution < 1.29 is 17.6 Å². The molecule has 2 amide bonds. The molecule has 0 aliphatic carbocycles. The number of hydrogen-bond acceptors (Lipinski definition) is 3. The van der Waals surface area contributed by atoms with Gasteiger partial charge in [0.1, 0.15) is 5.82 Å². The highest BCUT2D eigenvalue weighted by atomic mass is 79.9. The highest BCUT2D eigenvalue weighted by molar-refractivity contribution is 9.10. The maximum atomic E-state index is 13.1. The fourth-order valence-electron chi connectivity index (χ4n) is 4.05. The van der Waals surface area contributed by atoms with Gasteiger partial charge < -0.3 is 9.80 Å². The van der Waals surface area contributed by atoms with Crippen LogP contribution in [0.15, 0.2) is 57.9 Å². The third-order valence-electron chi connectivity index (χ3n) is 5.73. The first-order valence-electron chi connectivity index (χ1n) is 9.90. The van der Waals surface area contributed by atoms with Gasteiger partial charge in [0.2, 0.25) is 10.0 Å². The molecule has 0 N–H and O–H groups in total. The largest absolute Gasteiger partial charge is 0.320 e. The van der Waals surface area contributed by atoms with Crippen LogP contribution in [-0.4, -0.2) is 60.8 Å². The van der Waals surface area contributed by atoms with Crippen molar-refractivity contribution in [1.29, 1.82) is 0 Å². The molecule has 30 heavy (non-hydrogen) atoms. The summed E-state index contributed by atoms with van der Waals surface area (Å²) in [6, 6.07) is 12.8. The van der Waals surface area contributed by atoms with Gasteiger partial charge in [-0.05, 0) is 54.8 Å². The van der Waals surface area contributed by atoms with E-state index in [1.807, 2.05) is 4.90 Å². The Morgan fingerprint density at radius 1 is 0.933 bits per heavy atom. The molecule has 2 aliphatic heterocycles. The van der Waals surface area contributed by atoms with Crippen LogP contribution in [-0.2, 0) is 16.6 Å². The SMILES string of the molecule is O=C1N(Cc2ccc(F)cc2)CCN1C1CCN(S(=O)(=O)c2ccc(Br)cc2)CC1. The van der Waals surface area contributed by atoms with E-state index in [2.05, 4.69) is 15.9 Å². The number of amides is 2. The summed E-state index contributed by atoms with van der Waals surface area (Å²) >= 11 is 3.32. The van der Waals surface area contributed by atoms with Gasteiger partial charge in [-0.2, -0.15) is 4.31 Å². The second-order valence-corrected chi connectivity index (χ2v) is 10.5. The molecule has 0 unspecified atom stereocenters. The first-order valence-corrected chi connectivity index (χ1v) is 12.1. The smallest absolute Gasteiger partial charge is 0.320 e. The van der Waals surface area contributed by atoms with Crippen LogP contribution in [0.5, 0.6) is 0 Å². The van der Waals surface area contributed by atoms with Gasteiger partial charge >= 0.3 is 6.03 Å². The fourth-order valence-corrected chi connectivity index (χ4v) is 5.78. The Hall–Kier alpha value is -1.97. The van der Waals surface area contributed by atoms with Crippen molar-refractivity contribution >= 4 is 32.0 Å². The van der Waals surface area contributed by atoms with Crippen molar-refractivity contribution in [2.75, 3.05) is 26.2 Å². The minimum absolute atomic E-state index is 0.0338. The molecular formula is C21H23BrFN3O3S. The first kappa shape index (κ1) is 21.3. The minimum atomic E-state index is -3.53. The molecule has 0 radical (unpaired) electrons. The molecule has 0 bridgehead atoms. The number of carbonyl (C=O) groups excluding carboxylic acids is 1. The second kappa shape index (κ2) is 8.64. The van der Waals surface area contributed by atoms with Crippen LogP contribution in [0.2, 0.25) is 0 Å². The summed E-state index contributed by atoms with van der Waals surface area (Å²) < 4.78 is 41.2. The topological polar surface area (TPSA) is 60.9 Å². The van der Waals surface area contributed by atoms with E-state index >= 15 is 0 Å². The van der Waals surface area contributed by atoms with Crippen LogP contribution in [0.1, 0.15) is 18.4 Å². The molecule has 4 rings (SSSR count). The lowest BCUT2D eigenvalue weighted by atomic mass is 10.1. The van der Waals surface area contributed by atoms with E-state index in [0.29, 0.717) is 45.6 Å². The highest BCUT2D eigenvalue weighted by Gasteiger charge is 2.37. The van der Waals surface area contributed by atoms with E-state index in [1.54, 1.807) is 41.3 Å². The number of hydrogen-bond donors (Lipinski definition) is 0. The number of rotatable bonds is 5. The molecule has 9 heteroatoms. The second-order valence-electron chi connectivity index (χ2n) is 7.61. The van der Waals surface area contributed by atoms with Gasteiger partial charge in [0.15, 0.2) is 0 Å². The summed E-state index contributed by atoms with van der Waals surface area (Å²) in [4.78, 5) is 16.7. The molecule has 2 fully saturated rings. The van der Waals surface area contributed by atoms with E-state index in [4.69, 9.17) is 0 Å². The number of carbonyl (C=O) groups is 1. The standard InChI is InChI=1S/C21H23BrFN3O3S/c22-17-3-7-20(8-4-17)30(28,29)25-11-9-19(10-12-25)26-14-13-24(21(26)27)15-16-1-5-18(23)6-2-16/h1-8,19H,9-15H2. The zero-order valence-electron chi connectivity index (χ0n) is 16.4. The first-order chi connectivity index (χ1) is 14.3. The zero-order chi connectivity index (χ0) is 21.3. The van der Waals surface area contributed by atoms with Gasteiger partial charge in [-0.25, -0.2) is 17.6 Å². The van der Waals surface area contributed by atoms with E-state index in [0.717, 1.165) is 10.0 Å². The average molecular weight is 496 g/mol. The van der Waals surface area contributed by atoms with E-state index in [-0.39, 0.29) is 22.8 Å². The van der Waals surface area contributed by atoms with Crippen LogP contribution >= 0.6 is 15.9 Å². The molecule has 0 atom stereocenters. The van der Waals surface area contributed by atoms with Crippen LogP contribution in [0.4, 0.5) is 9.18 Å². The summed E-state index contributed by atoms with van der Waals surface area (Å²) in [6.07, 6.45) is 1.23. The number of sulfonamides is 1. The summed E-state index contributed by atoms with van der Waals surface area (Å²) in [5.74, 6) is -0.294. The summed E-state index contributed by atoms with van der Waals surface area (Å²) in [7, 11) is -3.53. The summed E-state index contributed by atoms with van der Waals surface area (Å²) in [5.41, 5.74) is 0.891. The van der Waals surface area contributed by atoms with Crippen molar-refractivity contribution in [2.24, 2.45) is 0 Å². The Kier molecular flexibility index (Phi) is 6.13. The van der Waals surface area contributed by atoms with Gasteiger partial charge in [0, 0.05) is 43.2 Å². The number of halogens is 2. The molecule has 0 saturated carbocycles. The van der Waals surface area contributed by atoms with Gasteiger partial charge in [-0.3, -0.25) is 0 Å². The van der Waals surface area contributed by atoms with Crippen molar-refractivity contribution in [3.05, 3.63) is 64.4 Å². The maximum Gasteiger partial charge on any atom is 0.320 e. The Labute approximate surface area is 184 Å². The molecule has 2 aliphatic rings. The quantitative estimate of drug-likeness (QED) is 0.635. The zero-order valence-corrected chi connectivity index (χ0v) is 18.8. The molecule has 0 aromatic heterocycles. The van der Waals surface area contributed by atoms with E-state index < -0.39 is 10.0 Å². The van der Waals surface area contributed by atoms with Gasteiger partial charge in [0.05, 0.1) is 4.90 Å². The predicted molar refractivity (Wildman–Crippen MR) is 115 cm³/mol. The van der Waals surface area contributed by atoms with E-state index in [1.165, 1.54) is 16.4 Å². The molecular weight excluding hydrogens is 473 g/mol. The van der Waals surface area contributed by atoms with Crippen LogP contribution in [0, 0.1) is 5.82 Å². The van der Waals surface area contributed by atoms with Gasteiger partial charge in [-0.15, -0.1) is 0 Å². The third-order valence-corrected chi connectivity index (χ3v) is 8.17. The number of piperidine rings is 1. The van der Waals surface area contributed by atoms with Crippen molar-refractivity contribution in [3.8, 4) is 0 Å². The molecule has 160 valence electrons. The molecule has 2 heterocycles. The van der Waals surface area contributed by atoms with Crippen molar-refractivity contribution in [3.63, 3.8) is 0 Å². The third kappa shape index (κ3) is 4.38. The van der Waals surface area contributed by atoms with Crippen molar-refractivity contribution in [2.45, 2.75) is 30.3 Å². The molecule has 2 aromatic carbocycles. The Balaban J connectivity index is 1.35. The van der Waals surface area contributed by atoms with Crippen molar-refractivity contribution in [1.82, 2.24) is 14.1 Å². The predicted octanol–water partition coefficient (Wildman–Crippen LogP) is 3.68. The maximum absolute atomic E-state index is 13.1. The highest BCUT2D eigenvalue weighted by Crippen LogP contribution is 2.26. The van der Waals surface area contributed by atoms with Crippen LogP contribution in [0.25, 0.3) is 0 Å². The van der Waals surface area contributed by atoms with Crippen LogP contribution < -0.4 is 0 Å². The normalized spacial score (nSPS) is 18.9. The lowest BCUT2D eigenvalue weighted by molar-refractivity contribution is 0.153. The lowest BCUT2D eigenvalue weighted by Crippen LogP contribution is -2.47. The summed E-state index contributed by atoms with van der Waals surface area (Å²) in [5, 5.41) is 0. The molecule has 2 saturated heterocycles. The Bertz CT molecular complexity index is 1010. The molecule has 6 nitrogen and oxygen atoms in total. The summed E-state index contributed by atoms with van der Waals surface area (Å²) in [6.45, 7) is 2.49. The Morgan fingerprint density at radius 2 is 1.57 bits per heavy atom. The fraction of sp³-hybridized carbons (Fsp3) is 0.381. The lowest BCUT2D eigenvalue weighted by Gasteiger charge is -2.35. The average Bonchev–Trinajstić information content (AvgIpc) is 3.10. The molecule has 0 spiro atoms. The van der Waals surface area contributed by atoms with E-state index in [9.17, 15) is 17.6 Å². The molecule has 2 aromatic rings. The number of nitrogens with zero attached hydrogens (tertiary/aromatic N) is 3. The Morgan fingerprint density at radius 3 is 2.20 bits per heavy atom. The number of benzene rings is 2.